The van der Waals surface area contributed by atoms with E-state index in [4.69, 9.17) is 4.74 Å². The quantitative estimate of drug-likeness (QED) is 0.875. The van der Waals surface area contributed by atoms with Gasteiger partial charge in [0.1, 0.15) is 0 Å². The van der Waals surface area contributed by atoms with Crippen molar-refractivity contribution in [1.29, 1.82) is 0 Å². The number of benzene rings is 1. The Hall–Kier alpha value is -2.08. The maximum Gasteiger partial charge on any atom is 0.319 e. The Balaban J connectivity index is 1.98. The highest BCUT2D eigenvalue weighted by atomic mass is 16.5. The SMILES string of the molecule is COC[C@@H](C)NC(=O)Nc1ccc(C(=O)N2CCCC2)cc1C. The van der Waals surface area contributed by atoms with Crippen LogP contribution >= 0.6 is 0 Å². The van der Waals surface area contributed by atoms with Gasteiger partial charge >= 0.3 is 6.03 Å². The van der Waals surface area contributed by atoms with Crippen LogP contribution in [0.4, 0.5) is 10.5 Å². The van der Waals surface area contributed by atoms with E-state index in [9.17, 15) is 9.59 Å². The number of carbonyl (C=O) groups is 2. The van der Waals surface area contributed by atoms with Gasteiger partial charge in [-0.15, -0.1) is 0 Å². The van der Waals surface area contributed by atoms with Crippen molar-refractivity contribution in [2.75, 3.05) is 32.1 Å². The summed E-state index contributed by atoms with van der Waals surface area (Å²) in [5, 5.41) is 5.59. The predicted molar refractivity (Wildman–Crippen MR) is 89.8 cm³/mol. The van der Waals surface area contributed by atoms with Crippen LogP contribution in [0, 0.1) is 6.92 Å². The van der Waals surface area contributed by atoms with Crippen molar-refractivity contribution in [3.05, 3.63) is 29.3 Å². The van der Waals surface area contributed by atoms with Crippen LogP contribution in [-0.2, 0) is 4.74 Å². The smallest absolute Gasteiger partial charge is 0.319 e. The molecule has 126 valence electrons. The van der Waals surface area contributed by atoms with E-state index in [0.29, 0.717) is 17.9 Å². The van der Waals surface area contributed by atoms with Gasteiger partial charge in [-0.3, -0.25) is 4.79 Å². The third-order valence-electron chi connectivity index (χ3n) is 3.91. The minimum absolute atomic E-state index is 0.0651. The van der Waals surface area contributed by atoms with Crippen molar-refractivity contribution in [3.63, 3.8) is 0 Å². The Morgan fingerprint density at radius 1 is 1.30 bits per heavy atom. The molecular weight excluding hydrogens is 294 g/mol. The topological polar surface area (TPSA) is 70.7 Å². The van der Waals surface area contributed by atoms with E-state index in [0.717, 1.165) is 31.5 Å². The Labute approximate surface area is 137 Å². The molecule has 1 aromatic rings. The molecule has 6 heteroatoms. The van der Waals surface area contributed by atoms with E-state index < -0.39 is 0 Å². The van der Waals surface area contributed by atoms with Crippen LogP contribution in [-0.4, -0.2) is 49.7 Å². The fourth-order valence-electron chi connectivity index (χ4n) is 2.71. The lowest BCUT2D eigenvalue weighted by molar-refractivity contribution is 0.0792. The van der Waals surface area contributed by atoms with E-state index in [1.165, 1.54) is 0 Å². The minimum Gasteiger partial charge on any atom is -0.383 e. The Kier molecular flexibility index (Phi) is 5.98. The molecule has 0 aliphatic carbocycles. The zero-order chi connectivity index (χ0) is 16.8. The maximum atomic E-state index is 12.4. The molecule has 2 rings (SSSR count). The van der Waals surface area contributed by atoms with Crippen LogP contribution in [0.2, 0.25) is 0 Å². The lowest BCUT2D eigenvalue weighted by atomic mass is 10.1. The number of nitrogens with one attached hydrogen (secondary N) is 2. The number of rotatable bonds is 5. The van der Waals surface area contributed by atoms with Crippen molar-refractivity contribution in [2.24, 2.45) is 0 Å². The number of carbonyl (C=O) groups excluding carboxylic acids is 2. The van der Waals surface area contributed by atoms with E-state index >= 15 is 0 Å². The summed E-state index contributed by atoms with van der Waals surface area (Å²) >= 11 is 0. The second-order valence-electron chi connectivity index (χ2n) is 5.98. The summed E-state index contributed by atoms with van der Waals surface area (Å²) in [6.45, 7) is 5.87. The minimum atomic E-state index is -0.281. The molecule has 1 fully saturated rings. The first kappa shape index (κ1) is 17.3. The van der Waals surface area contributed by atoms with Gasteiger partial charge in [-0.25, -0.2) is 4.79 Å². The number of amides is 3. The molecule has 1 aliphatic rings. The fourth-order valence-corrected chi connectivity index (χ4v) is 2.71. The number of urea groups is 1. The highest BCUT2D eigenvalue weighted by Gasteiger charge is 2.20. The van der Waals surface area contributed by atoms with E-state index in [1.54, 1.807) is 19.2 Å². The van der Waals surface area contributed by atoms with Crippen LogP contribution in [0.1, 0.15) is 35.7 Å². The zero-order valence-electron chi connectivity index (χ0n) is 14.0. The Morgan fingerprint density at radius 2 is 2.00 bits per heavy atom. The number of aryl methyl sites for hydroxylation is 1. The number of ether oxygens (including phenoxy) is 1. The van der Waals surface area contributed by atoms with Crippen LogP contribution in [0.5, 0.6) is 0 Å². The highest BCUT2D eigenvalue weighted by molar-refractivity contribution is 5.96. The first-order chi connectivity index (χ1) is 11.0. The van der Waals surface area contributed by atoms with Crippen LogP contribution in [0.3, 0.4) is 0 Å². The molecule has 1 saturated heterocycles. The maximum absolute atomic E-state index is 12.4. The van der Waals surface area contributed by atoms with Crippen molar-refractivity contribution in [1.82, 2.24) is 10.2 Å². The first-order valence-electron chi connectivity index (χ1n) is 7.97. The second kappa shape index (κ2) is 7.97. The summed E-state index contributed by atoms with van der Waals surface area (Å²) in [4.78, 5) is 26.2. The number of methoxy groups -OCH3 is 1. The third kappa shape index (κ3) is 4.69. The summed E-state index contributed by atoms with van der Waals surface area (Å²) < 4.78 is 4.98. The lowest BCUT2D eigenvalue weighted by Crippen LogP contribution is -2.38. The van der Waals surface area contributed by atoms with Gasteiger partial charge in [0, 0.05) is 31.5 Å². The Morgan fingerprint density at radius 3 is 2.61 bits per heavy atom. The molecule has 0 bridgehead atoms. The summed E-state index contributed by atoms with van der Waals surface area (Å²) in [6, 6.07) is 5.02. The van der Waals surface area contributed by atoms with E-state index in [2.05, 4.69) is 10.6 Å². The summed E-state index contributed by atoms with van der Waals surface area (Å²) in [6.07, 6.45) is 2.15. The van der Waals surface area contributed by atoms with Crippen molar-refractivity contribution in [3.8, 4) is 0 Å². The van der Waals surface area contributed by atoms with Crippen LogP contribution < -0.4 is 10.6 Å². The van der Waals surface area contributed by atoms with Gasteiger partial charge < -0.3 is 20.3 Å². The molecule has 1 aliphatic heterocycles. The van der Waals surface area contributed by atoms with Gasteiger partial charge in [0.15, 0.2) is 0 Å². The van der Waals surface area contributed by atoms with Crippen molar-refractivity contribution in [2.45, 2.75) is 32.7 Å². The molecule has 1 heterocycles. The van der Waals surface area contributed by atoms with Crippen LogP contribution in [0.25, 0.3) is 0 Å². The molecule has 0 unspecified atom stereocenters. The highest BCUT2D eigenvalue weighted by Crippen LogP contribution is 2.19. The molecule has 3 amide bonds. The van der Waals surface area contributed by atoms with Crippen molar-refractivity contribution < 1.29 is 14.3 Å². The number of anilines is 1. The standard InChI is InChI=1S/C17H25N3O3/c1-12-10-14(16(21)20-8-4-5-9-20)6-7-15(12)19-17(22)18-13(2)11-23-3/h6-7,10,13H,4-5,8-9,11H2,1-3H3,(H2,18,19,22)/t13-/m1/s1. The molecular formula is C17H25N3O3. The summed E-state index contributed by atoms with van der Waals surface area (Å²) in [5.74, 6) is 0.0651. The molecule has 23 heavy (non-hydrogen) atoms. The Bertz CT molecular complexity index is 568. The molecule has 0 aromatic heterocycles. The largest absolute Gasteiger partial charge is 0.383 e. The van der Waals surface area contributed by atoms with E-state index in [-0.39, 0.29) is 18.0 Å². The first-order valence-corrected chi connectivity index (χ1v) is 7.97. The van der Waals surface area contributed by atoms with Gasteiger partial charge in [0.25, 0.3) is 5.91 Å². The van der Waals surface area contributed by atoms with Gasteiger partial charge in [0.2, 0.25) is 0 Å². The van der Waals surface area contributed by atoms with Crippen molar-refractivity contribution >= 4 is 17.6 Å². The molecule has 0 saturated carbocycles. The lowest BCUT2D eigenvalue weighted by Gasteiger charge is -2.17. The third-order valence-corrected chi connectivity index (χ3v) is 3.91. The number of hydrogen-bond acceptors (Lipinski definition) is 3. The van der Waals surface area contributed by atoms with Gasteiger partial charge in [-0.1, -0.05) is 0 Å². The van der Waals surface area contributed by atoms with Gasteiger partial charge in [-0.2, -0.15) is 0 Å². The molecule has 0 spiro atoms. The fraction of sp³-hybridized carbons (Fsp3) is 0.529. The summed E-state index contributed by atoms with van der Waals surface area (Å²) in [5.41, 5.74) is 2.23. The molecule has 1 aromatic carbocycles. The van der Waals surface area contributed by atoms with Gasteiger partial charge in [-0.05, 0) is 50.5 Å². The normalized spacial score (nSPS) is 15.3. The average molecular weight is 319 g/mol. The number of likely N-dealkylation sites (tertiary alicyclic amines) is 1. The summed E-state index contributed by atoms with van der Waals surface area (Å²) in [7, 11) is 1.59. The van der Waals surface area contributed by atoms with E-state index in [1.807, 2.05) is 24.8 Å². The average Bonchev–Trinajstić information content (AvgIpc) is 3.03. The zero-order valence-corrected chi connectivity index (χ0v) is 14.0. The van der Waals surface area contributed by atoms with Crippen LogP contribution in [0.15, 0.2) is 18.2 Å². The predicted octanol–water partition coefficient (Wildman–Crippen LogP) is 2.39. The second-order valence-corrected chi connectivity index (χ2v) is 5.98. The number of hydrogen-bond donors (Lipinski definition) is 2. The molecule has 2 N–H and O–H groups in total. The molecule has 0 radical (unpaired) electrons. The number of nitrogens with zero attached hydrogens (tertiary/aromatic N) is 1. The monoisotopic (exact) mass is 319 g/mol. The molecule has 6 nitrogen and oxygen atoms in total. The van der Waals surface area contributed by atoms with Gasteiger partial charge in [0.05, 0.1) is 12.6 Å². The molecule has 1 atom stereocenters.